The van der Waals surface area contributed by atoms with Crippen LogP contribution in [0.5, 0.6) is 0 Å². The number of aromatic carboxylic acids is 1. The molecule has 4 aromatic rings. The van der Waals surface area contributed by atoms with Crippen LogP contribution in [0.3, 0.4) is 0 Å². The number of fused-ring (bicyclic) bond motifs is 1. The second kappa shape index (κ2) is 8.74. The van der Waals surface area contributed by atoms with Crippen molar-refractivity contribution in [3.05, 3.63) is 106 Å². The summed E-state index contributed by atoms with van der Waals surface area (Å²) in [5, 5.41) is 14.2. The van der Waals surface area contributed by atoms with Crippen LogP contribution in [-0.2, 0) is 19.6 Å². The number of aryl methyl sites for hydroxylation is 2. The lowest BCUT2D eigenvalue weighted by molar-refractivity contribution is 0.0684. The maximum absolute atomic E-state index is 14.0. The first kappa shape index (κ1) is 20.8. The molecule has 0 aliphatic carbocycles. The van der Waals surface area contributed by atoms with E-state index in [2.05, 4.69) is 5.32 Å². The van der Waals surface area contributed by atoms with Crippen LogP contribution in [0, 0.1) is 19.7 Å². The molecule has 0 radical (unpaired) electrons. The highest BCUT2D eigenvalue weighted by atomic mass is 19.1. The number of carboxylic acids is 1. The predicted molar refractivity (Wildman–Crippen MR) is 121 cm³/mol. The van der Waals surface area contributed by atoms with Gasteiger partial charge in [0.1, 0.15) is 11.5 Å². The standard InChI is InChI=1S/C26H25FN2O2/c1-17-7-10-19(11-8-17)16-29-24-13-18(2)9-12-21(24)22(25(29)26(30)31)15-28-14-20-5-3-4-6-23(20)27/h3-13,28H,14-16H2,1-2H3,(H,30,31). The first-order valence-electron chi connectivity index (χ1n) is 10.3. The molecule has 0 atom stereocenters. The Morgan fingerprint density at radius 3 is 2.39 bits per heavy atom. The number of nitrogens with zero attached hydrogens (tertiary/aromatic N) is 1. The number of halogens is 1. The molecule has 1 aromatic heterocycles. The number of carbonyl (C=O) groups is 1. The van der Waals surface area contributed by atoms with Gasteiger partial charge in [0.15, 0.2) is 0 Å². The van der Waals surface area contributed by atoms with Crippen molar-refractivity contribution in [3.8, 4) is 0 Å². The minimum Gasteiger partial charge on any atom is -0.477 e. The third-order valence-corrected chi connectivity index (χ3v) is 5.56. The van der Waals surface area contributed by atoms with E-state index >= 15 is 0 Å². The fourth-order valence-corrected chi connectivity index (χ4v) is 3.96. The molecule has 3 aromatic carbocycles. The maximum atomic E-state index is 14.0. The molecule has 158 valence electrons. The van der Waals surface area contributed by atoms with Gasteiger partial charge in [-0.3, -0.25) is 0 Å². The number of carboxylic acid groups (broad SMARTS) is 1. The smallest absolute Gasteiger partial charge is 0.352 e. The van der Waals surface area contributed by atoms with Gasteiger partial charge in [-0.25, -0.2) is 9.18 Å². The summed E-state index contributed by atoms with van der Waals surface area (Å²) in [7, 11) is 0. The first-order chi connectivity index (χ1) is 14.9. The van der Waals surface area contributed by atoms with Gasteiger partial charge in [-0.05, 0) is 37.1 Å². The molecule has 1 heterocycles. The number of hydrogen-bond acceptors (Lipinski definition) is 2. The Kier molecular flexibility index (Phi) is 5.87. The molecule has 0 saturated carbocycles. The molecule has 0 fully saturated rings. The van der Waals surface area contributed by atoms with Gasteiger partial charge in [0.05, 0.1) is 0 Å². The maximum Gasteiger partial charge on any atom is 0.352 e. The lowest BCUT2D eigenvalue weighted by Crippen LogP contribution is -2.17. The van der Waals surface area contributed by atoms with Crippen LogP contribution in [0.4, 0.5) is 4.39 Å². The van der Waals surface area contributed by atoms with Crippen LogP contribution < -0.4 is 5.32 Å². The molecule has 0 amide bonds. The van der Waals surface area contributed by atoms with E-state index in [1.807, 2.05) is 60.9 Å². The van der Waals surface area contributed by atoms with Crippen molar-refractivity contribution in [1.29, 1.82) is 0 Å². The fraction of sp³-hybridized carbons (Fsp3) is 0.192. The largest absolute Gasteiger partial charge is 0.477 e. The van der Waals surface area contributed by atoms with Crippen molar-refractivity contribution in [2.75, 3.05) is 0 Å². The molecule has 0 aliphatic heterocycles. The first-order valence-corrected chi connectivity index (χ1v) is 10.3. The third kappa shape index (κ3) is 4.37. The lowest BCUT2D eigenvalue weighted by Gasteiger charge is -2.11. The van der Waals surface area contributed by atoms with Gasteiger partial charge in [0, 0.05) is 41.7 Å². The molecular formula is C26H25FN2O2. The van der Waals surface area contributed by atoms with Crippen molar-refractivity contribution in [2.24, 2.45) is 0 Å². The monoisotopic (exact) mass is 416 g/mol. The van der Waals surface area contributed by atoms with Crippen molar-refractivity contribution < 1.29 is 14.3 Å². The molecule has 31 heavy (non-hydrogen) atoms. The zero-order valence-corrected chi connectivity index (χ0v) is 17.7. The van der Waals surface area contributed by atoms with E-state index in [-0.39, 0.29) is 11.5 Å². The van der Waals surface area contributed by atoms with Crippen LogP contribution in [0.15, 0.2) is 66.7 Å². The second-order valence-corrected chi connectivity index (χ2v) is 7.92. The SMILES string of the molecule is Cc1ccc(Cn2c(C(=O)O)c(CNCc3ccccc3F)c3ccc(C)cc32)cc1. The highest BCUT2D eigenvalue weighted by Gasteiger charge is 2.22. The molecule has 4 nitrogen and oxygen atoms in total. The van der Waals surface area contributed by atoms with Crippen molar-refractivity contribution in [3.63, 3.8) is 0 Å². The summed E-state index contributed by atoms with van der Waals surface area (Å²) >= 11 is 0. The van der Waals surface area contributed by atoms with E-state index in [9.17, 15) is 14.3 Å². The van der Waals surface area contributed by atoms with Gasteiger partial charge >= 0.3 is 5.97 Å². The Morgan fingerprint density at radius 1 is 0.968 bits per heavy atom. The lowest BCUT2D eigenvalue weighted by atomic mass is 10.1. The molecule has 0 bridgehead atoms. The quantitative estimate of drug-likeness (QED) is 0.422. The summed E-state index contributed by atoms with van der Waals surface area (Å²) in [6, 6.07) is 20.7. The highest BCUT2D eigenvalue weighted by Crippen LogP contribution is 2.29. The Morgan fingerprint density at radius 2 is 1.68 bits per heavy atom. The van der Waals surface area contributed by atoms with E-state index in [1.165, 1.54) is 6.07 Å². The van der Waals surface area contributed by atoms with Gasteiger partial charge in [-0.1, -0.05) is 60.2 Å². The van der Waals surface area contributed by atoms with Gasteiger partial charge in [-0.2, -0.15) is 0 Å². The molecular weight excluding hydrogens is 391 g/mol. The minimum absolute atomic E-state index is 0.266. The van der Waals surface area contributed by atoms with Gasteiger partial charge in [0.2, 0.25) is 0 Å². The van der Waals surface area contributed by atoms with Crippen LogP contribution >= 0.6 is 0 Å². The van der Waals surface area contributed by atoms with Crippen molar-refractivity contribution in [1.82, 2.24) is 9.88 Å². The summed E-state index contributed by atoms with van der Waals surface area (Å²) in [6.07, 6.45) is 0. The average Bonchev–Trinajstić information content (AvgIpc) is 3.04. The average molecular weight is 416 g/mol. The molecule has 0 aliphatic rings. The van der Waals surface area contributed by atoms with Crippen molar-refractivity contribution in [2.45, 2.75) is 33.5 Å². The van der Waals surface area contributed by atoms with E-state index in [0.29, 0.717) is 30.8 Å². The topological polar surface area (TPSA) is 54.3 Å². The zero-order valence-electron chi connectivity index (χ0n) is 17.7. The van der Waals surface area contributed by atoms with Gasteiger partial charge < -0.3 is 15.0 Å². The molecule has 0 spiro atoms. The molecule has 2 N–H and O–H groups in total. The van der Waals surface area contributed by atoms with E-state index < -0.39 is 5.97 Å². The number of hydrogen-bond donors (Lipinski definition) is 2. The minimum atomic E-state index is -0.969. The second-order valence-electron chi connectivity index (χ2n) is 7.92. The van der Waals surface area contributed by atoms with E-state index in [4.69, 9.17) is 0 Å². The highest BCUT2D eigenvalue weighted by molar-refractivity contribution is 5.98. The summed E-state index contributed by atoms with van der Waals surface area (Å²) in [6.45, 7) is 5.15. The van der Waals surface area contributed by atoms with E-state index in [0.717, 1.165) is 27.6 Å². The summed E-state index contributed by atoms with van der Waals surface area (Å²) in [5.74, 6) is -1.24. The number of nitrogens with one attached hydrogen (secondary N) is 1. The Bertz CT molecular complexity index is 1240. The summed E-state index contributed by atoms with van der Waals surface area (Å²) in [4.78, 5) is 12.3. The normalized spacial score (nSPS) is 11.2. The number of aromatic nitrogens is 1. The fourth-order valence-electron chi connectivity index (χ4n) is 3.96. The Labute approximate surface area is 181 Å². The Hall–Kier alpha value is -3.44. The van der Waals surface area contributed by atoms with Gasteiger partial charge in [-0.15, -0.1) is 0 Å². The van der Waals surface area contributed by atoms with Crippen LogP contribution in [-0.4, -0.2) is 15.6 Å². The molecule has 5 heteroatoms. The third-order valence-electron chi connectivity index (χ3n) is 5.56. The number of benzene rings is 3. The summed E-state index contributed by atoms with van der Waals surface area (Å²) < 4.78 is 15.8. The zero-order chi connectivity index (χ0) is 22.0. The Balaban J connectivity index is 1.73. The predicted octanol–water partition coefficient (Wildman–Crippen LogP) is 5.43. The summed E-state index contributed by atoms with van der Waals surface area (Å²) in [5.41, 5.74) is 5.69. The number of rotatable bonds is 7. The van der Waals surface area contributed by atoms with Crippen LogP contribution in [0.2, 0.25) is 0 Å². The molecule has 0 unspecified atom stereocenters. The van der Waals surface area contributed by atoms with Gasteiger partial charge in [0.25, 0.3) is 0 Å². The molecule has 4 rings (SSSR count). The van der Waals surface area contributed by atoms with Crippen LogP contribution in [0.25, 0.3) is 10.9 Å². The van der Waals surface area contributed by atoms with Crippen LogP contribution in [0.1, 0.15) is 38.3 Å². The molecule has 0 saturated heterocycles. The van der Waals surface area contributed by atoms with Crippen molar-refractivity contribution >= 4 is 16.9 Å². The van der Waals surface area contributed by atoms with E-state index in [1.54, 1.807) is 18.2 Å².